The first-order valence-corrected chi connectivity index (χ1v) is 7.42. The van der Waals surface area contributed by atoms with Crippen LogP contribution >= 0.6 is 11.8 Å². The fraction of sp³-hybridized carbons (Fsp3) is 0.500. The van der Waals surface area contributed by atoms with Gasteiger partial charge in [-0.25, -0.2) is 9.78 Å². The monoisotopic (exact) mass is 313 g/mol. The van der Waals surface area contributed by atoms with Crippen molar-refractivity contribution in [3.63, 3.8) is 0 Å². The predicted octanol–water partition coefficient (Wildman–Crippen LogP) is 0.316. The topological polar surface area (TPSA) is 130 Å². The Morgan fingerprint density at radius 3 is 2.81 bits per heavy atom. The Morgan fingerprint density at radius 2 is 2.19 bits per heavy atom. The molecule has 0 saturated heterocycles. The van der Waals surface area contributed by atoms with Gasteiger partial charge >= 0.3 is 6.03 Å². The molecule has 1 aromatic rings. The van der Waals surface area contributed by atoms with Crippen LogP contribution in [0.15, 0.2) is 16.0 Å². The first-order valence-electron chi connectivity index (χ1n) is 6.44. The highest BCUT2D eigenvalue weighted by atomic mass is 32.2. The van der Waals surface area contributed by atoms with E-state index < -0.39 is 17.5 Å². The van der Waals surface area contributed by atoms with Crippen LogP contribution in [0, 0.1) is 5.92 Å². The number of aromatic nitrogens is 2. The molecule has 0 atom stereocenters. The number of nitrogens with two attached hydrogens (primary N) is 1. The van der Waals surface area contributed by atoms with Gasteiger partial charge in [0.25, 0.3) is 5.56 Å². The summed E-state index contributed by atoms with van der Waals surface area (Å²) in [5, 5.41) is 5.01. The number of urea groups is 1. The van der Waals surface area contributed by atoms with E-state index in [0.29, 0.717) is 12.5 Å². The van der Waals surface area contributed by atoms with Crippen LogP contribution in [-0.4, -0.2) is 34.2 Å². The Kier molecular flexibility index (Phi) is 6.73. The number of thioether (sulfide) groups is 1. The van der Waals surface area contributed by atoms with Gasteiger partial charge in [-0.1, -0.05) is 25.6 Å². The number of nitrogens with one attached hydrogen (secondary N) is 3. The Labute approximate surface area is 126 Å². The summed E-state index contributed by atoms with van der Waals surface area (Å²) in [6.45, 7) is 4.59. The average molecular weight is 313 g/mol. The van der Waals surface area contributed by atoms with Crippen molar-refractivity contribution in [2.24, 2.45) is 5.92 Å². The van der Waals surface area contributed by atoms with Crippen LogP contribution < -0.4 is 21.9 Å². The number of imide groups is 1. The summed E-state index contributed by atoms with van der Waals surface area (Å²) in [6, 6.07) is 0.613. The molecule has 1 heterocycles. The molecule has 0 aromatic carbocycles. The van der Waals surface area contributed by atoms with Crippen molar-refractivity contribution in [2.75, 3.05) is 18.0 Å². The molecular formula is C12H19N5O3S. The largest absolute Gasteiger partial charge is 0.383 e. The van der Waals surface area contributed by atoms with Crippen molar-refractivity contribution in [1.82, 2.24) is 20.6 Å². The van der Waals surface area contributed by atoms with Gasteiger partial charge in [-0.15, -0.1) is 0 Å². The maximum atomic E-state index is 11.5. The molecule has 0 aliphatic heterocycles. The zero-order valence-electron chi connectivity index (χ0n) is 11.9. The first kappa shape index (κ1) is 17.0. The summed E-state index contributed by atoms with van der Waals surface area (Å²) in [5.41, 5.74) is 5.02. The van der Waals surface area contributed by atoms with Crippen molar-refractivity contribution in [1.29, 1.82) is 0 Å². The number of rotatable bonds is 6. The molecule has 0 bridgehead atoms. The van der Waals surface area contributed by atoms with E-state index in [9.17, 15) is 14.4 Å². The van der Waals surface area contributed by atoms with Crippen molar-refractivity contribution >= 4 is 29.5 Å². The smallest absolute Gasteiger partial charge is 0.321 e. The minimum absolute atomic E-state index is 0.0516. The van der Waals surface area contributed by atoms with Gasteiger partial charge in [-0.3, -0.25) is 14.9 Å². The Morgan fingerprint density at radius 1 is 1.48 bits per heavy atom. The van der Waals surface area contributed by atoms with E-state index in [1.54, 1.807) is 0 Å². The lowest BCUT2D eigenvalue weighted by atomic mass is 10.1. The number of hydrogen-bond donors (Lipinski definition) is 4. The van der Waals surface area contributed by atoms with Crippen molar-refractivity contribution in [3.05, 3.63) is 16.4 Å². The summed E-state index contributed by atoms with van der Waals surface area (Å²) in [7, 11) is 0. The molecule has 3 amide bonds. The standard InChI is InChI=1S/C12H19N5O3S/c1-7(2)3-4-14-11(20)16-10(19)6-21-12-15-8(13)5-9(18)17-12/h5,7H,3-4,6H2,1-2H3,(H3,13,15,17,18)(H2,14,16,19,20). The molecule has 116 valence electrons. The molecule has 8 nitrogen and oxygen atoms in total. The number of carbonyl (C=O) groups excluding carboxylic acids is 2. The van der Waals surface area contributed by atoms with Gasteiger partial charge in [0.1, 0.15) is 5.82 Å². The number of H-pyrrole nitrogens is 1. The molecule has 1 rings (SSSR count). The number of nitrogen functional groups attached to an aromatic ring is 1. The molecule has 5 N–H and O–H groups in total. The number of aromatic amines is 1. The quantitative estimate of drug-likeness (QED) is 0.442. The highest BCUT2D eigenvalue weighted by Gasteiger charge is 2.09. The van der Waals surface area contributed by atoms with Crippen LogP contribution in [0.1, 0.15) is 20.3 Å². The lowest BCUT2D eigenvalue weighted by Crippen LogP contribution is -2.40. The number of amides is 3. The van der Waals surface area contributed by atoms with Gasteiger partial charge in [-0.2, -0.15) is 0 Å². The minimum atomic E-state index is -0.532. The highest BCUT2D eigenvalue weighted by molar-refractivity contribution is 7.99. The fourth-order valence-corrected chi connectivity index (χ4v) is 2.02. The Hall–Kier alpha value is -2.03. The summed E-state index contributed by atoms with van der Waals surface area (Å²) < 4.78 is 0. The van der Waals surface area contributed by atoms with E-state index in [2.05, 4.69) is 20.6 Å². The normalized spacial score (nSPS) is 10.4. The van der Waals surface area contributed by atoms with Gasteiger partial charge < -0.3 is 16.0 Å². The van der Waals surface area contributed by atoms with E-state index >= 15 is 0 Å². The molecule has 0 saturated carbocycles. The third-order valence-corrected chi connectivity index (χ3v) is 3.21. The van der Waals surface area contributed by atoms with Crippen LogP contribution in [-0.2, 0) is 4.79 Å². The molecule has 0 aliphatic rings. The third kappa shape index (κ3) is 7.35. The lowest BCUT2D eigenvalue weighted by Gasteiger charge is -2.08. The van der Waals surface area contributed by atoms with Crippen LogP contribution in [0.4, 0.5) is 10.6 Å². The number of nitrogens with zero attached hydrogens (tertiary/aromatic N) is 1. The van der Waals surface area contributed by atoms with Crippen LogP contribution in [0.5, 0.6) is 0 Å². The van der Waals surface area contributed by atoms with Crippen LogP contribution in [0.25, 0.3) is 0 Å². The molecule has 0 aliphatic carbocycles. The number of anilines is 1. The van der Waals surface area contributed by atoms with E-state index in [-0.39, 0.29) is 16.7 Å². The van der Waals surface area contributed by atoms with Crippen LogP contribution in [0.2, 0.25) is 0 Å². The molecule has 0 radical (unpaired) electrons. The zero-order chi connectivity index (χ0) is 15.8. The van der Waals surface area contributed by atoms with Gasteiger partial charge in [0.2, 0.25) is 5.91 Å². The second kappa shape index (κ2) is 8.30. The Bertz CT molecular complexity index is 558. The highest BCUT2D eigenvalue weighted by Crippen LogP contribution is 2.10. The Balaban J connectivity index is 2.33. The molecule has 1 aromatic heterocycles. The van der Waals surface area contributed by atoms with E-state index in [4.69, 9.17) is 5.73 Å². The van der Waals surface area contributed by atoms with E-state index in [1.165, 1.54) is 0 Å². The summed E-state index contributed by atoms with van der Waals surface area (Å²) in [6.07, 6.45) is 0.838. The maximum Gasteiger partial charge on any atom is 0.321 e. The minimum Gasteiger partial charge on any atom is -0.383 e. The van der Waals surface area contributed by atoms with E-state index in [1.807, 2.05) is 13.8 Å². The number of hydrogen-bond acceptors (Lipinski definition) is 6. The second-order valence-corrected chi connectivity index (χ2v) is 5.71. The average Bonchev–Trinajstić information content (AvgIpc) is 2.34. The molecule has 0 unspecified atom stereocenters. The summed E-state index contributed by atoms with van der Waals surface area (Å²) in [4.78, 5) is 40.4. The van der Waals surface area contributed by atoms with Gasteiger partial charge in [0.15, 0.2) is 5.16 Å². The molecule has 0 fully saturated rings. The molecule has 21 heavy (non-hydrogen) atoms. The van der Waals surface area contributed by atoms with Gasteiger partial charge in [0.05, 0.1) is 5.75 Å². The summed E-state index contributed by atoms with van der Waals surface area (Å²) in [5.74, 6) is 0.0208. The van der Waals surface area contributed by atoms with Gasteiger partial charge in [-0.05, 0) is 12.3 Å². The van der Waals surface area contributed by atoms with Crippen LogP contribution in [0.3, 0.4) is 0 Å². The number of carbonyl (C=O) groups is 2. The molecule has 9 heteroatoms. The third-order valence-electron chi connectivity index (χ3n) is 2.34. The maximum absolute atomic E-state index is 11.5. The van der Waals surface area contributed by atoms with Crippen molar-refractivity contribution < 1.29 is 9.59 Å². The predicted molar refractivity (Wildman–Crippen MR) is 81.0 cm³/mol. The van der Waals surface area contributed by atoms with Crippen molar-refractivity contribution in [3.8, 4) is 0 Å². The zero-order valence-corrected chi connectivity index (χ0v) is 12.8. The SMILES string of the molecule is CC(C)CCNC(=O)NC(=O)CSc1nc(N)cc(=O)[nH]1. The molecular weight excluding hydrogens is 294 g/mol. The lowest BCUT2D eigenvalue weighted by molar-refractivity contribution is -0.117. The summed E-state index contributed by atoms with van der Waals surface area (Å²) >= 11 is 0.989. The molecule has 0 spiro atoms. The second-order valence-electron chi connectivity index (χ2n) is 4.75. The van der Waals surface area contributed by atoms with E-state index in [0.717, 1.165) is 24.2 Å². The van der Waals surface area contributed by atoms with Crippen molar-refractivity contribution in [2.45, 2.75) is 25.4 Å². The first-order chi connectivity index (χ1) is 9.86. The van der Waals surface area contributed by atoms with Gasteiger partial charge in [0, 0.05) is 12.6 Å². The fourth-order valence-electron chi connectivity index (χ4n) is 1.34.